The number of anilines is 1. The van der Waals surface area contributed by atoms with Crippen LogP contribution in [-0.2, 0) is 6.54 Å². The fourth-order valence-electron chi connectivity index (χ4n) is 3.76. The molecule has 1 aliphatic rings. The summed E-state index contributed by atoms with van der Waals surface area (Å²) in [6.45, 7) is 5.24. The Labute approximate surface area is 179 Å². The molecule has 0 radical (unpaired) electrons. The van der Waals surface area contributed by atoms with Crippen LogP contribution in [0.3, 0.4) is 0 Å². The maximum atomic E-state index is 11.3. The third-order valence-electron chi connectivity index (χ3n) is 5.26. The molecule has 7 nitrogen and oxygen atoms in total. The predicted molar refractivity (Wildman–Crippen MR) is 116 cm³/mol. The molecule has 3 aromatic rings. The van der Waals surface area contributed by atoms with Crippen LogP contribution in [0.5, 0.6) is 5.75 Å². The second-order valence-corrected chi connectivity index (χ2v) is 7.78. The van der Waals surface area contributed by atoms with Crippen molar-refractivity contribution in [3.05, 3.63) is 52.5 Å². The van der Waals surface area contributed by atoms with E-state index in [9.17, 15) is 9.90 Å². The van der Waals surface area contributed by atoms with E-state index in [0.29, 0.717) is 28.7 Å². The molecule has 4 rings (SSSR count). The van der Waals surface area contributed by atoms with Crippen molar-refractivity contribution in [1.82, 2.24) is 9.88 Å². The molecule has 158 valence electrons. The summed E-state index contributed by atoms with van der Waals surface area (Å²) in [7, 11) is 0. The Bertz CT molecular complexity index is 1040. The molecule has 0 spiro atoms. The lowest BCUT2D eigenvalue weighted by atomic mass is 10.0. The number of hydrogen-bond acceptors (Lipinski definition) is 6. The average molecular weight is 430 g/mol. The second-order valence-electron chi connectivity index (χ2n) is 7.37. The fourth-order valence-corrected chi connectivity index (χ4v) is 3.93. The zero-order valence-electron chi connectivity index (χ0n) is 16.7. The Balaban J connectivity index is 1.35. The number of nitrogens with zero attached hydrogens (tertiary/aromatic N) is 2. The minimum Gasteiger partial charge on any atom is -0.492 e. The van der Waals surface area contributed by atoms with Gasteiger partial charge in [0.05, 0.1) is 11.6 Å². The largest absolute Gasteiger partial charge is 0.492 e. The van der Waals surface area contributed by atoms with Crippen molar-refractivity contribution in [2.45, 2.75) is 32.4 Å². The maximum absolute atomic E-state index is 11.3. The summed E-state index contributed by atoms with van der Waals surface area (Å²) in [5.41, 5.74) is 2.15. The van der Waals surface area contributed by atoms with Crippen LogP contribution in [0.15, 0.2) is 40.8 Å². The number of carboxylic acids is 1. The van der Waals surface area contributed by atoms with Gasteiger partial charge in [0.2, 0.25) is 0 Å². The van der Waals surface area contributed by atoms with Crippen molar-refractivity contribution in [3.63, 3.8) is 0 Å². The monoisotopic (exact) mass is 429 g/mol. The molecule has 0 bridgehead atoms. The van der Waals surface area contributed by atoms with Gasteiger partial charge < -0.3 is 19.6 Å². The van der Waals surface area contributed by atoms with E-state index in [2.05, 4.69) is 15.2 Å². The Morgan fingerprint density at radius 3 is 2.87 bits per heavy atom. The highest BCUT2D eigenvalue weighted by molar-refractivity contribution is 6.32. The van der Waals surface area contributed by atoms with Crippen LogP contribution in [0.1, 0.15) is 35.7 Å². The number of nitrogens with one attached hydrogen (secondary N) is 1. The molecule has 2 N–H and O–H groups in total. The van der Waals surface area contributed by atoms with Crippen LogP contribution in [0.2, 0.25) is 5.02 Å². The van der Waals surface area contributed by atoms with Gasteiger partial charge in [0.25, 0.3) is 6.01 Å². The topological polar surface area (TPSA) is 87.8 Å². The van der Waals surface area contributed by atoms with Crippen LogP contribution in [0.4, 0.5) is 6.01 Å². The lowest BCUT2D eigenvalue weighted by Gasteiger charge is -2.32. The number of rotatable bonds is 7. The van der Waals surface area contributed by atoms with Crippen LogP contribution < -0.4 is 10.1 Å². The molecular formula is C22H24ClN3O4. The molecular weight excluding hydrogens is 406 g/mol. The van der Waals surface area contributed by atoms with Crippen LogP contribution >= 0.6 is 11.6 Å². The van der Waals surface area contributed by atoms with Crippen molar-refractivity contribution < 1.29 is 19.1 Å². The molecule has 0 unspecified atom stereocenters. The summed E-state index contributed by atoms with van der Waals surface area (Å²) >= 11 is 6.18. The van der Waals surface area contributed by atoms with Crippen molar-refractivity contribution >= 4 is 34.7 Å². The normalized spacial score (nSPS) is 15.4. The third kappa shape index (κ3) is 4.52. The molecule has 8 heteroatoms. The molecule has 1 aromatic heterocycles. The summed E-state index contributed by atoms with van der Waals surface area (Å²) in [5, 5.41) is 13.2. The van der Waals surface area contributed by atoms with Gasteiger partial charge in [-0.3, -0.25) is 4.90 Å². The minimum absolute atomic E-state index is 0.122. The van der Waals surface area contributed by atoms with E-state index in [-0.39, 0.29) is 11.6 Å². The number of para-hydroxylation sites is 1. The van der Waals surface area contributed by atoms with Gasteiger partial charge in [0, 0.05) is 25.7 Å². The van der Waals surface area contributed by atoms with E-state index in [0.717, 1.165) is 38.2 Å². The van der Waals surface area contributed by atoms with E-state index >= 15 is 0 Å². The minimum atomic E-state index is -1.02. The molecule has 1 fully saturated rings. The number of carbonyl (C=O) groups is 1. The first-order valence-corrected chi connectivity index (χ1v) is 10.4. The number of oxazole rings is 1. The molecule has 30 heavy (non-hydrogen) atoms. The highest BCUT2D eigenvalue weighted by Crippen LogP contribution is 2.28. The van der Waals surface area contributed by atoms with Crippen molar-refractivity contribution in [2.24, 2.45) is 0 Å². The number of fused-ring (bicyclic) bond motifs is 1. The van der Waals surface area contributed by atoms with Crippen LogP contribution in [-0.4, -0.2) is 46.7 Å². The van der Waals surface area contributed by atoms with E-state index < -0.39 is 5.97 Å². The highest BCUT2D eigenvalue weighted by Gasteiger charge is 2.22. The smallest absolute Gasteiger partial charge is 0.339 e. The number of piperidine rings is 1. The van der Waals surface area contributed by atoms with Crippen molar-refractivity contribution in [1.29, 1.82) is 0 Å². The number of benzene rings is 2. The Hall–Kier alpha value is -2.77. The van der Waals surface area contributed by atoms with Gasteiger partial charge in [-0.1, -0.05) is 23.7 Å². The van der Waals surface area contributed by atoms with Crippen LogP contribution in [0.25, 0.3) is 11.1 Å². The lowest BCUT2D eigenvalue weighted by molar-refractivity contribution is 0.0698. The molecule has 0 aliphatic carbocycles. The molecule has 2 heterocycles. The van der Waals surface area contributed by atoms with Crippen LogP contribution in [0, 0.1) is 0 Å². The number of aromatic carboxylic acids is 1. The summed E-state index contributed by atoms with van der Waals surface area (Å²) in [4.78, 5) is 18.1. The summed E-state index contributed by atoms with van der Waals surface area (Å²) in [6.07, 6.45) is 1.88. The Morgan fingerprint density at radius 1 is 1.33 bits per heavy atom. The molecule has 0 saturated carbocycles. The predicted octanol–water partition coefficient (Wildman–Crippen LogP) is 4.65. The number of ether oxygens (including phenoxy) is 1. The van der Waals surface area contributed by atoms with Gasteiger partial charge in [-0.25, -0.2) is 4.79 Å². The van der Waals surface area contributed by atoms with E-state index in [1.54, 1.807) is 12.1 Å². The first-order valence-electron chi connectivity index (χ1n) is 10.1. The Morgan fingerprint density at radius 2 is 2.13 bits per heavy atom. The first-order chi connectivity index (χ1) is 14.5. The summed E-state index contributed by atoms with van der Waals surface area (Å²) in [5.74, 6) is -0.295. The zero-order chi connectivity index (χ0) is 21.1. The average Bonchev–Trinajstić information content (AvgIpc) is 3.14. The van der Waals surface area contributed by atoms with Gasteiger partial charge in [-0.05, 0) is 49.6 Å². The lowest BCUT2D eigenvalue weighted by Crippen LogP contribution is -2.38. The second kappa shape index (κ2) is 8.93. The zero-order valence-corrected chi connectivity index (χ0v) is 17.5. The summed E-state index contributed by atoms with van der Waals surface area (Å²) < 4.78 is 11.3. The SMILES string of the molecule is CCOc1cc(CN2CCC(Nc3nc4cccc(C(=O)O)c4o3)CC2)ccc1Cl. The maximum Gasteiger partial charge on any atom is 0.339 e. The van der Waals surface area contributed by atoms with Crippen molar-refractivity contribution in [3.8, 4) is 5.75 Å². The number of aromatic nitrogens is 1. The van der Waals surface area contributed by atoms with E-state index in [1.165, 1.54) is 11.6 Å². The van der Waals surface area contributed by atoms with Gasteiger partial charge in [-0.2, -0.15) is 4.98 Å². The first kappa shape index (κ1) is 20.5. The van der Waals surface area contributed by atoms with Gasteiger partial charge in [-0.15, -0.1) is 0 Å². The fraction of sp³-hybridized carbons (Fsp3) is 0.364. The van der Waals surface area contributed by atoms with E-state index in [1.807, 2.05) is 25.1 Å². The molecule has 2 aromatic carbocycles. The molecule has 0 atom stereocenters. The number of hydrogen-bond donors (Lipinski definition) is 2. The van der Waals surface area contributed by atoms with Crippen molar-refractivity contribution in [2.75, 3.05) is 25.0 Å². The summed E-state index contributed by atoms with van der Waals surface area (Å²) in [6, 6.07) is 11.5. The molecule has 1 saturated heterocycles. The Kier molecular flexibility index (Phi) is 6.11. The van der Waals surface area contributed by atoms with Gasteiger partial charge in [0.15, 0.2) is 5.58 Å². The quantitative estimate of drug-likeness (QED) is 0.564. The van der Waals surface area contributed by atoms with Gasteiger partial charge in [0.1, 0.15) is 16.8 Å². The number of halogens is 1. The molecule has 0 amide bonds. The van der Waals surface area contributed by atoms with E-state index in [4.69, 9.17) is 20.8 Å². The standard InChI is InChI=1S/C22H24ClN3O4/c1-2-29-19-12-14(6-7-17(19)23)13-26-10-8-15(9-11-26)24-22-25-18-5-3-4-16(21(27)28)20(18)30-22/h3-7,12,15H,2,8-11,13H2,1H3,(H,24,25)(H,27,28). The number of likely N-dealkylation sites (tertiary alicyclic amines) is 1. The molecule has 1 aliphatic heterocycles. The third-order valence-corrected chi connectivity index (χ3v) is 5.57. The number of carboxylic acid groups (broad SMARTS) is 1. The highest BCUT2D eigenvalue weighted by atomic mass is 35.5. The van der Waals surface area contributed by atoms with Gasteiger partial charge >= 0.3 is 5.97 Å².